The van der Waals surface area contributed by atoms with E-state index >= 15 is 0 Å². The maximum absolute atomic E-state index is 11.6. The number of rotatable bonds is 6. The fourth-order valence-corrected chi connectivity index (χ4v) is 6.61. The number of aliphatic hydroxyl groups is 2. The van der Waals surface area contributed by atoms with Crippen molar-refractivity contribution in [1.82, 2.24) is 21.3 Å². The molecule has 0 aliphatic carbocycles. The number of ketones is 4. The van der Waals surface area contributed by atoms with Crippen LogP contribution in [0.15, 0.2) is 0 Å². The first-order valence-electron chi connectivity index (χ1n) is 16.4. The van der Waals surface area contributed by atoms with Crippen LogP contribution < -0.4 is 21.3 Å². The first-order chi connectivity index (χ1) is 25.4. The summed E-state index contributed by atoms with van der Waals surface area (Å²) in [6.45, 7) is 0.890. The monoisotopic (exact) mass is 840 g/mol. The number of amides is 4. The molecule has 0 aromatic rings. The second kappa shape index (κ2) is 20.9. The van der Waals surface area contributed by atoms with E-state index in [-0.39, 0.29) is 94.2 Å². The molecule has 4 atom stereocenters. The Balaban J connectivity index is 0.000000372. The average molecular weight is 842 g/mol. The van der Waals surface area contributed by atoms with E-state index in [9.17, 15) is 47.9 Å². The number of nitrogens with one attached hydrogen (secondary N) is 4. The van der Waals surface area contributed by atoms with Crippen molar-refractivity contribution in [2.45, 2.75) is 75.5 Å². The zero-order valence-corrected chi connectivity index (χ0v) is 30.9. The summed E-state index contributed by atoms with van der Waals surface area (Å²) in [4.78, 5) is 112. The van der Waals surface area contributed by atoms with Crippen LogP contribution >= 0.6 is 23.2 Å². The van der Waals surface area contributed by atoms with E-state index in [1.54, 1.807) is 0 Å². The van der Waals surface area contributed by atoms with E-state index in [2.05, 4.69) is 30.7 Å². The van der Waals surface area contributed by atoms with Crippen molar-refractivity contribution >= 4 is 81.9 Å². The SMILES string of the molecule is C.C.COC(=O)C1C(=O)CC(CO)(CCl)NC1=O.COC(=O)C1C(=O)CC2(COC2)NC1=O.O=C1CC(=O)NC(CO)(CCl)C1.O=C1CC(=O)NC2(COC2)C1. The number of carbonyl (C=O) groups is 10. The number of hydrogen-bond acceptors (Lipinski definition) is 16. The number of hydrogen-bond donors (Lipinski definition) is 6. The summed E-state index contributed by atoms with van der Waals surface area (Å²) < 4.78 is 18.6. The number of Topliss-reactive ketones (excluding diaryl/α,β-unsaturated/α-hetero) is 4. The zero-order valence-electron chi connectivity index (χ0n) is 29.4. The van der Waals surface area contributed by atoms with Crippen LogP contribution in [0, 0.1) is 11.8 Å². The lowest BCUT2D eigenvalue weighted by Crippen LogP contribution is -2.68. The molecule has 6 fully saturated rings. The minimum Gasteiger partial charge on any atom is -0.468 e. The van der Waals surface area contributed by atoms with Crippen molar-refractivity contribution in [1.29, 1.82) is 0 Å². The summed E-state index contributed by atoms with van der Waals surface area (Å²) in [6.07, 6.45) is 0.467. The van der Waals surface area contributed by atoms with Crippen LogP contribution in [0.1, 0.15) is 53.4 Å². The molecule has 0 aromatic heterocycles. The highest BCUT2D eigenvalue weighted by Gasteiger charge is 2.52. The highest BCUT2D eigenvalue weighted by atomic mass is 35.5. The van der Waals surface area contributed by atoms with Gasteiger partial charge in [0.2, 0.25) is 23.6 Å². The molecular weight excluding hydrogens is 791 g/mol. The standard InChI is InChI=1S/C9H12ClNO5.C9H11NO5.C7H10ClNO3.C7H9NO3.2CH4/c1-16-8(15)6-5(13)2-9(3-10,4-12)11-7(6)14;1-14-8(13)6-5(11)2-9(3-15-4-9)10-7(6)12;8-3-7(4-10)2-5(11)1-6(12)9-7;9-5-1-6(10)8-7(2-5)3-11-4-7;;/h6,12H,2-4H2,1H3,(H,11,14);6H,2-4H2,1H3,(H,10,12);10H,1-4H2,(H,9,12);1-4H2,(H,8,10);2*1H4. The van der Waals surface area contributed by atoms with E-state index in [0.29, 0.717) is 32.8 Å². The molecule has 316 valence electrons. The van der Waals surface area contributed by atoms with Crippen molar-refractivity contribution in [3.63, 3.8) is 0 Å². The molecule has 20 nitrogen and oxygen atoms in total. The van der Waals surface area contributed by atoms with E-state index in [0.717, 1.165) is 14.2 Å². The second-order valence-electron chi connectivity index (χ2n) is 13.7. The quantitative estimate of drug-likeness (QED) is 0.0909. The van der Waals surface area contributed by atoms with Gasteiger partial charge in [-0.3, -0.25) is 47.9 Å². The molecule has 6 saturated heterocycles. The summed E-state index contributed by atoms with van der Waals surface area (Å²) in [5.74, 6) is -7.52. The molecule has 6 rings (SSSR count). The number of esters is 2. The Kier molecular flexibility index (Phi) is 18.6. The van der Waals surface area contributed by atoms with Crippen molar-refractivity contribution < 1.29 is 77.1 Å². The van der Waals surface area contributed by atoms with Gasteiger partial charge in [-0.05, 0) is 0 Å². The molecule has 56 heavy (non-hydrogen) atoms. The smallest absolute Gasteiger partial charge is 0.325 e. The number of piperidine rings is 4. The lowest BCUT2D eigenvalue weighted by Gasteiger charge is -2.45. The van der Waals surface area contributed by atoms with Crippen molar-refractivity contribution in [2.75, 3.05) is 65.6 Å². The van der Waals surface area contributed by atoms with Crippen LogP contribution in [0.25, 0.3) is 0 Å². The molecule has 4 amide bonds. The Bertz CT molecular complexity index is 1460. The largest absolute Gasteiger partial charge is 0.468 e. The number of aliphatic hydroxyl groups excluding tert-OH is 2. The summed E-state index contributed by atoms with van der Waals surface area (Å²) in [7, 11) is 2.25. The van der Waals surface area contributed by atoms with Crippen LogP contribution in [0.5, 0.6) is 0 Å². The number of methoxy groups -OCH3 is 2. The van der Waals surface area contributed by atoms with Gasteiger partial charge in [0.15, 0.2) is 23.4 Å². The molecule has 6 aliphatic heterocycles. The molecule has 6 aliphatic rings. The van der Waals surface area contributed by atoms with Gasteiger partial charge in [-0.2, -0.15) is 0 Å². The third-order valence-corrected chi connectivity index (χ3v) is 10.1. The molecule has 22 heteroatoms. The molecular formula is C34H50Cl2N4O16. The molecule has 0 bridgehead atoms. The average Bonchev–Trinajstić information content (AvgIpc) is 3.09. The molecule has 0 radical (unpaired) electrons. The van der Waals surface area contributed by atoms with Gasteiger partial charge < -0.3 is 50.4 Å². The van der Waals surface area contributed by atoms with E-state index < -0.39 is 70.4 Å². The summed E-state index contributed by atoms with van der Waals surface area (Å²) >= 11 is 11.1. The fourth-order valence-electron chi connectivity index (χ4n) is 6.12. The Labute approximate surface area is 332 Å². The Morgan fingerprint density at radius 1 is 0.625 bits per heavy atom. The fraction of sp³-hybridized carbons (Fsp3) is 0.706. The van der Waals surface area contributed by atoms with Gasteiger partial charge in [0.05, 0.1) is 88.9 Å². The summed E-state index contributed by atoms with van der Waals surface area (Å²) in [5, 5.41) is 28.3. The molecule has 4 unspecified atom stereocenters. The van der Waals surface area contributed by atoms with E-state index in [1.807, 2.05) is 0 Å². The number of ether oxygens (including phenoxy) is 4. The third kappa shape index (κ3) is 12.0. The maximum Gasteiger partial charge on any atom is 0.325 e. The predicted molar refractivity (Wildman–Crippen MR) is 193 cm³/mol. The highest BCUT2D eigenvalue weighted by Crippen LogP contribution is 2.29. The maximum atomic E-state index is 11.6. The predicted octanol–water partition coefficient (Wildman–Crippen LogP) is -2.59. The first-order valence-corrected chi connectivity index (χ1v) is 17.5. The lowest BCUT2D eigenvalue weighted by molar-refractivity contribution is -0.165. The normalized spacial score (nSPS) is 28.0. The van der Waals surface area contributed by atoms with Gasteiger partial charge in [-0.15, -0.1) is 23.2 Å². The minimum atomic E-state index is -1.45. The van der Waals surface area contributed by atoms with E-state index in [4.69, 9.17) is 42.9 Å². The van der Waals surface area contributed by atoms with Crippen LogP contribution in [-0.2, 0) is 66.9 Å². The highest BCUT2D eigenvalue weighted by molar-refractivity contribution is 6.22. The Morgan fingerprint density at radius 3 is 1.36 bits per heavy atom. The molecule has 0 aromatic carbocycles. The van der Waals surface area contributed by atoms with Crippen LogP contribution in [0.2, 0.25) is 0 Å². The van der Waals surface area contributed by atoms with Gasteiger partial charge in [0, 0.05) is 37.4 Å². The Hall–Kier alpha value is -4.08. The van der Waals surface area contributed by atoms with Gasteiger partial charge >= 0.3 is 11.9 Å². The number of carbonyl (C=O) groups excluding carboxylic acids is 10. The van der Waals surface area contributed by atoms with Crippen molar-refractivity contribution in [3.8, 4) is 0 Å². The zero-order chi connectivity index (χ0) is 40.5. The Morgan fingerprint density at radius 2 is 1.02 bits per heavy atom. The molecule has 0 saturated carbocycles. The molecule has 6 heterocycles. The lowest BCUT2D eigenvalue weighted by atomic mass is 9.81. The van der Waals surface area contributed by atoms with Crippen LogP contribution in [0.4, 0.5) is 0 Å². The number of halogens is 2. The molecule has 6 N–H and O–H groups in total. The van der Waals surface area contributed by atoms with Crippen molar-refractivity contribution in [3.05, 3.63) is 0 Å². The topological polar surface area (TPSA) is 296 Å². The second-order valence-corrected chi connectivity index (χ2v) is 14.3. The van der Waals surface area contributed by atoms with Crippen LogP contribution in [0.3, 0.4) is 0 Å². The van der Waals surface area contributed by atoms with Gasteiger partial charge in [0.25, 0.3) is 0 Å². The van der Waals surface area contributed by atoms with Gasteiger partial charge in [-0.25, -0.2) is 0 Å². The summed E-state index contributed by atoms with van der Waals surface area (Å²) in [6, 6.07) is 0. The van der Waals surface area contributed by atoms with E-state index in [1.165, 1.54) is 0 Å². The number of alkyl halides is 2. The first kappa shape index (κ1) is 49.9. The van der Waals surface area contributed by atoms with Gasteiger partial charge in [-0.1, -0.05) is 14.9 Å². The third-order valence-electron chi connectivity index (χ3n) is 9.07. The molecule has 2 spiro atoms. The summed E-state index contributed by atoms with van der Waals surface area (Å²) in [5.41, 5.74) is -2.99. The van der Waals surface area contributed by atoms with Crippen LogP contribution in [-0.4, -0.2) is 157 Å². The van der Waals surface area contributed by atoms with Crippen molar-refractivity contribution in [2.24, 2.45) is 11.8 Å². The van der Waals surface area contributed by atoms with Gasteiger partial charge in [0.1, 0.15) is 11.6 Å². The minimum absolute atomic E-state index is 0.